The Morgan fingerprint density at radius 3 is 2.41 bits per heavy atom. The maximum Gasteiger partial charge on any atom is 0.411 e. The lowest BCUT2D eigenvalue weighted by molar-refractivity contribution is -0.142. The molecule has 9 heteroatoms. The molecule has 190 valence electrons. The van der Waals surface area contributed by atoms with E-state index in [-0.39, 0.29) is 18.8 Å². The lowest BCUT2D eigenvalue weighted by Gasteiger charge is -2.19. The number of aryl methyl sites for hydroxylation is 1. The normalized spacial score (nSPS) is 11.2. The molecule has 1 amide bonds. The maximum absolute atomic E-state index is 13.7. The van der Waals surface area contributed by atoms with Crippen molar-refractivity contribution in [1.82, 2.24) is 10.1 Å². The molecule has 2 N–H and O–H groups in total. The summed E-state index contributed by atoms with van der Waals surface area (Å²) in [5, 5.41) is 16.1. The van der Waals surface area contributed by atoms with E-state index in [0.29, 0.717) is 39.5 Å². The number of hydrogen-bond acceptors (Lipinski definition) is 6. The van der Waals surface area contributed by atoms with Crippen molar-refractivity contribution < 1.29 is 28.3 Å². The zero-order valence-corrected chi connectivity index (χ0v) is 20.6. The smallest absolute Gasteiger partial charge is 0.411 e. The van der Waals surface area contributed by atoms with Crippen LogP contribution in [0, 0.1) is 12.7 Å². The number of halogens is 1. The van der Waals surface area contributed by atoms with Crippen molar-refractivity contribution in [2.24, 2.45) is 0 Å². The van der Waals surface area contributed by atoms with Crippen LogP contribution in [-0.2, 0) is 21.4 Å². The Hall–Kier alpha value is -4.53. The summed E-state index contributed by atoms with van der Waals surface area (Å²) in [6.45, 7) is 4.94. The van der Waals surface area contributed by atoms with Crippen LogP contribution >= 0.6 is 0 Å². The third-order valence-corrected chi connectivity index (χ3v) is 6.13. The molecule has 0 aliphatic carbocycles. The fourth-order valence-electron chi connectivity index (χ4n) is 3.67. The van der Waals surface area contributed by atoms with Crippen LogP contribution in [0.4, 0.5) is 14.9 Å². The highest BCUT2D eigenvalue weighted by Gasteiger charge is 2.29. The Bertz CT molecular complexity index is 1410. The summed E-state index contributed by atoms with van der Waals surface area (Å²) in [4.78, 5) is 28.3. The van der Waals surface area contributed by atoms with Gasteiger partial charge in [-0.1, -0.05) is 53.7 Å². The number of rotatable bonds is 8. The first-order chi connectivity index (χ1) is 17.7. The van der Waals surface area contributed by atoms with E-state index in [9.17, 15) is 19.1 Å². The van der Waals surface area contributed by atoms with E-state index in [2.05, 4.69) is 15.5 Å². The molecule has 0 aliphatic heterocycles. The number of pyridine rings is 1. The van der Waals surface area contributed by atoms with Gasteiger partial charge in [-0.3, -0.25) is 15.1 Å². The Labute approximate surface area is 213 Å². The van der Waals surface area contributed by atoms with Gasteiger partial charge < -0.3 is 14.4 Å². The van der Waals surface area contributed by atoms with Gasteiger partial charge in [0.15, 0.2) is 5.76 Å². The third-order valence-electron chi connectivity index (χ3n) is 6.13. The first-order valence-corrected chi connectivity index (χ1v) is 11.6. The molecule has 0 aliphatic rings. The van der Waals surface area contributed by atoms with Crippen molar-refractivity contribution in [1.29, 1.82) is 0 Å². The Morgan fingerprint density at radius 1 is 1.05 bits per heavy atom. The maximum atomic E-state index is 13.7. The average Bonchev–Trinajstić information content (AvgIpc) is 3.25. The molecular formula is C28H26FN3O5. The van der Waals surface area contributed by atoms with Gasteiger partial charge in [-0.05, 0) is 44.0 Å². The number of aliphatic carboxylic acids is 1. The van der Waals surface area contributed by atoms with Crippen LogP contribution in [0.3, 0.4) is 0 Å². The quantitative estimate of drug-likeness (QED) is 0.303. The molecule has 0 fully saturated rings. The third kappa shape index (κ3) is 5.66. The lowest BCUT2D eigenvalue weighted by atomic mass is 9.86. The van der Waals surface area contributed by atoms with E-state index in [0.717, 1.165) is 5.56 Å². The minimum absolute atomic E-state index is 0.0105. The molecule has 0 saturated carbocycles. The van der Waals surface area contributed by atoms with E-state index >= 15 is 0 Å². The molecule has 0 unspecified atom stereocenters. The highest BCUT2D eigenvalue weighted by atomic mass is 19.1. The van der Waals surface area contributed by atoms with Gasteiger partial charge in [0.1, 0.15) is 17.2 Å². The van der Waals surface area contributed by atoms with Crippen molar-refractivity contribution in [2.45, 2.75) is 32.6 Å². The van der Waals surface area contributed by atoms with Crippen LogP contribution in [-0.4, -0.2) is 33.9 Å². The molecule has 8 nitrogen and oxygen atoms in total. The Morgan fingerprint density at radius 2 is 1.76 bits per heavy atom. The molecule has 0 bridgehead atoms. The molecule has 2 aromatic heterocycles. The second-order valence-corrected chi connectivity index (χ2v) is 9.00. The molecule has 4 rings (SSSR count). The molecule has 2 aromatic carbocycles. The largest absolute Gasteiger partial charge is 0.481 e. The van der Waals surface area contributed by atoms with Crippen LogP contribution in [0.2, 0.25) is 0 Å². The zero-order valence-electron chi connectivity index (χ0n) is 20.6. The molecule has 0 atom stereocenters. The summed E-state index contributed by atoms with van der Waals surface area (Å²) in [6.07, 6.45) is 1.12. The number of aromatic nitrogens is 2. The second-order valence-electron chi connectivity index (χ2n) is 9.00. The highest BCUT2D eigenvalue weighted by Crippen LogP contribution is 2.32. The molecule has 0 saturated heterocycles. The number of nitrogens with one attached hydrogen (secondary N) is 1. The first-order valence-electron chi connectivity index (χ1n) is 11.6. The van der Waals surface area contributed by atoms with E-state index in [1.54, 1.807) is 57.3 Å². The van der Waals surface area contributed by atoms with Crippen LogP contribution in [0.25, 0.3) is 22.5 Å². The Balaban J connectivity index is 1.43. The van der Waals surface area contributed by atoms with Gasteiger partial charge in [0, 0.05) is 23.7 Å². The number of hydrogen-bond donors (Lipinski definition) is 2. The fourth-order valence-corrected chi connectivity index (χ4v) is 3.67. The Kier molecular flexibility index (Phi) is 7.33. The number of carboxylic acid groups (broad SMARTS) is 1. The summed E-state index contributed by atoms with van der Waals surface area (Å²) < 4.78 is 24.2. The number of nitrogens with zero attached hydrogens (tertiary/aromatic N) is 2. The topological polar surface area (TPSA) is 115 Å². The molecule has 0 radical (unpaired) electrons. The monoisotopic (exact) mass is 503 g/mol. The van der Waals surface area contributed by atoms with Crippen molar-refractivity contribution in [3.63, 3.8) is 0 Å². The van der Waals surface area contributed by atoms with Crippen LogP contribution in [0.1, 0.15) is 30.7 Å². The van der Waals surface area contributed by atoms with Gasteiger partial charge in [-0.25, -0.2) is 9.18 Å². The van der Waals surface area contributed by atoms with Crippen molar-refractivity contribution >= 4 is 17.7 Å². The predicted molar refractivity (Wildman–Crippen MR) is 136 cm³/mol. The zero-order chi connectivity index (χ0) is 26.6. The number of carbonyl (C=O) groups excluding carboxylic acids is 1. The minimum Gasteiger partial charge on any atom is -0.481 e. The van der Waals surface area contributed by atoms with Crippen molar-refractivity contribution in [2.75, 3.05) is 11.9 Å². The molecule has 4 aromatic rings. The van der Waals surface area contributed by atoms with E-state index in [4.69, 9.17) is 9.26 Å². The molecular weight excluding hydrogens is 477 g/mol. The minimum atomic E-state index is -1.04. The lowest BCUT2D eigenvalue weighted by Crippen LogP contribution is -2.28. The molecule has 2 heterocycles. The number of anilines is 1. The van der Waals surface area contributed by atoms with Crippen LogP contribution in [0.5, 0.6) is 0 Å². The number of carboxylic acids is 1. The standard InChI is InChI=1S/C28H26FN3O5/c1-17-24(31-27(35)36-15-14-18-6-4-5-7-22(18)29)25(32-37-17)20-10-8-19(9-11-20)23-13-12-21(16-30-23)28(2,3)26(33)34/h4-13,16H,14-15H2,1-3H3,(H,31,35)(H,33,34). The van der Waals surface area contributed by atoms with Crippen molar-refractivity contribution in [3.8, 4) is 22.5 Å². The number of amides is 1. The van der Waals surface area contributed by atoms with Gasteiger partial charge >= 0.3 is 12.1 Å². The summed E-state index contributed by atoms with van der Waals surface area (Å²) in [5.41, 5.74) is 3.05. The number of carbonyl (C=O) groups is 2. The summed E-state index contributed by atoms with van der Waals surface area (Å²) in [7, 11) is 0. The SMILES string of the molecule is Cc1onc(-c2ccc(-c3ccc(C(C)(C)C(=O)O)cn3)cc2)c1NC(=O)OCCc1ccccc1F. The average molecular weight is 504 g/mol. The second kappa shape index (κ2) is 10.6. The molecule has 37 heavy (non-hydrogen) atoms. The van der Waals surface area contributed by atoms with Gasteiger partial charge in [0.25, 0.3) is 0 Å². The highest BCUT2D eigenvalue weighted by molar-refractivity contribution is 5.91. The number of benzene rings is 2. The summed E-state index contributed by atoms with van der Waals surface area (Å²) in [6, 6.07) is 17.2. The fraction of sp³-hybridized carbons (Fsp3) is 0.214. The molecule has 0 spiro atoms. The van der Waals surface area contributed by atoms with Gasteiger partial charge in [-0.2, -0.15) is 0 Å². The van der Waals surface area contributed by atoms with E-state index in [1.807, 2.05) is 24.3 Å². The van der Waals surface area contributed by atoms with E-state index in [1.165, 1.54) is 6.07 Å². The van der Waals surface area contributed by atoms with Gasteiger partial charge in [0.05, 0.1) is 17.7 Å². The van der Waals surface area contributed by atoms with Gasteiger partial charge in [0.2, 0.25) is 0 Å². The summed E-state index contributed by atoms with van der Waals surface area (Å²) >= 11 is 0. The van der Waals surface area contributed by atoms with E-state index < -0.39 is 17.5 Å². The summed E-state index contributed by atoms with van der Waals surface area (Å²) in [5.74, 6) is -0.863. The van der Waals surface area contributed by atoms with Crippen LogP contribution in [0.15, 0.2) is 71.4 Å². The van der Waals surface area contributed by atoms with Crippen molar-refractivity contribution in [3.05, 3.63) is 89.6 Å². The number of ether oxygens (including phenoxy) is 1. The first kappa shape index (κ1) is 25.6. The van der Waals surface area contributed by atoms with Crippen LogP contribution < -0.4 is 5.32 Å². The predicted octanol–water partition coefficient (Wildman–Crippen LogP) is 6.00. The van der Waals surface area contributed by atoms with Gasteiger partial charge in [-0.15, -0.1) is 0 Å².